The largest absolute Gasteiger partial charge is 0.496 e. The van der Waals surface area contributed by atoms with Crippen LogP contribution in [0.3, 0.4) is 0 Å². The fourth-order valence-electron chi connectivity index (χ4n) is 3.17. The van der Waals surface area contributed by atoms with E-state index in [1.807, 2.05) is 30.0 Å². The van der Waals surface area contributed by atoms with Gasteiger partial charge < -0.3 is 24.1 Å². The Balaban J connectivity index is 2.31. The van der Waals surface area contributed by atoms with Crippen LogP contribution in [0.4, 0.5) is 0 Å². The smallest absolute Gasteiger partial charge is 0.321 e. The van der Waals surface area contributed by atoms with Gasteiger partial charge >= 0.3 is 5.97 Å². The van der Waals surface area contributed by atoms with Crippen molar-refractivity contribution < 1.29 is 28.8 Å². The van der Waals surface area contributed by atoms with Crippen molar-refractivity contribution in [2.45, 2.75) is 25.5 Å². The van der Waals surface area contributed by atoms with Gasteiger partial charge in [-0.15, -0.1) is 0 Å². The Morgan fingerprint density at radius 1 is 1.24 bits per heavy atom. The molecule has 0 spiro atoms. The average molecular weight is 353 g/mol. The third-order valence-corrected chi connectivity index (χ3v) is 4.36. The van der Waals surface area contributed by atoms with E-state index in [9.17, 15) is 9.90 Å². The molecule has 0 aromatic heterocycles. The van der Waals surface area contributed by atoms with Crippen molar-refractivity contribution in [3.8, 4) is 11.5 Å². The van der Waals surface area contributed by atoms with Crippen LogP contribution in [0.2, 0.25) is 0 Å². The van der Waals surface area contributed by atoms with Gasteiger partial charge in [0.2, 0.25) is 0 Å². The Kier molecular flexibility index (Phi) is 7.49. The Bertz CT molecular complexity index is 536. The second-order valence-electron chi connectivity index (χ2n) is 5.76. The molecule has 0 amide bonds. The number of methoxy groups -OCH3 is 2. The summed E-state index contributed by atoms with van der Waals surface area (Å²) in [5.41, 5.74) is 0.744. The van der Waals surface area contributed by atoms with Crippen LogP contribution in [0.1, 0.15) is 25.0 Å². The summed E-state index contributed by atoms with van der Waals surface area (Å²) in [6.07, 6.45) is -0.139. The van der Waals surface area contributed by atoms with Gasteiger partial charge in [-0.1, -0.05) is 6.07 Å². The average Bonchev–Trinajstić information content (AvgIpc) is 2.64. The van der Waals surface area contributed by atoms with E-state index in [0.717, 1.165) is 5.56 Å². The van der Waals surface area contributed by atoms with Crippen LogP contribution < -0.4 is 9.47 Å². The monoisotopic (exact) mass is 353 g/mol. The molecule has 1 saturated heterocycles. The summed E-state index contributed by atoms with van der Waals surface area (Å²) in [5.74, 6) is 0.397. The molecule has 1 aliphatic rings. The first-order valence-electron chi connectivity index (χ1n) is 8.49. The van der Waals surface area contributed by atoms with E-state index in [4.69, 9.17) is 18.9 Å². The van der Waals surface area contributed by atoms with Crippen molar-refractivity contribution in [1.29, 1.82) is 0 Å². The number of rotatable bonds is 9. The zero-order chi connectivity index (χ0) is 18.2. The van der Waals surface area contributed by atoms with Crippen molar-refractivity contribution in [3.05, 3.63) is 23.8 Å². The number of morpholine rings is 1. The molecule has 1 N–H and O–H groups in total. The molecule has 0 aliphatic carbocycles. The summed E-state index contributed by atoms with van der Waals surface area (Å²) in [6, 6.07) is 4.83. The topological polar surface area (TPSA) is 77.5 Å². The number of benzene rings is 1. The fourth-order valence-corrected chi connectivity index (χ4v) is 3.17. The second kappa shape index (κ2) is 9.60. The summed E-state index contributed by atoms with van der Waals surface area (Å²) in [4.78, 5) is 13.8. The van der Waals surface area contributed by atoms with E-state index in [-0.39, 0.29) is 0 Å². The Hall–Kier alpha value is -1.83. The standard InChI is InChI=1S/C18H27NO6/c1-4-25-16(17-14(22-2)6-5-7-15(17)23-3)12-13(18(20)21)19-8-10-24-11-9-19/h5-7,13,16H,4,8-12H2,1-3H3,(H,20,21). The first-order chi connectivity index (χ1) is 12.1. The molecule has 7 nitrogen and oxygen atoms in total. The van der Waals surface area contributed by atoms with Gasteiger partial charge in [0, 0.05) is 26.1 Å². The van der Waals surface area contributed by atoms with Crippen molar-refractivity contribution in [2.24, 2.45) is 0 Å². The van der Waals surface area contributed by atoms with Crippen LogP contribution in [0, 0.1) is 0 Å². The first-order valence-corrected chi connectivity index (χ1v) is 8.49. The molecule has 1 aliphatic heterocycles. The Labute approximate surface area is 148 Å². The molecule has 2 unspecified atom stereocenters. The van der Waals surface area contributed by atoms with Gasteiger partial charge in [0.25, 0.3) is 0 Å². The third kappa shape index (κ3) is 4.84. The minimum absolute atomic E-state index is 0.305. The van der Waals surface area contributed by atoms with Crippen molar-refractivity contribution in [3.63, 3.8) is 0 Å². The van der Waals surface area contributed by atoms with Crippen LogP contribution in [0.25, 0.3) is 0 Å². The van der Waals surface area contributed by atoms with Gasteiger partial charge in [0.05, 0.1) is 39.1 Å². The first kappa shape index (κ1) is 19.5. The molecule has 140 valence electrons. The number of ether oxygens (including phenoxy) is 4. The fraction of sp³-hybridized carbons (Fsp3) is 0.611. The Morgan fingerprint density at radius 2 is 1.84 bits per heavy atom. The highest BCUT2D eigenvalue weighted by Crippen LogP contribution is 2.38. The predicted molar refractivity (Wildman–Crippen MR) is 92.3 cm³/mol. The molecule has 0 bridgehead atoms. The lowest BCUT2D eigenvalue weighted by molar-refractivity contribution is -0.147. The maximum absolute atomic E-state index is 11.9. The number of carbonyl (C=O) groups is 1. The van der Waals surface area contributed by atoms with Gasteiger partial charge in [-0.2, -0.15) is 0 Å². The second-order valence-corrected chi connectivity index (χ2v) is 5.76. The van der Waals surface area contributed by atoms with Crippen molar-refractivity contribution in [1.82, 2.24) is 4.90 Å². The molecule has 0 saturated carbocycles. The van der Waals surface area contributed by atoms with Gasteiger partial charge in [-0.05, 0) is 19.1 Å². The third-order valence-electron chi connectivity index (χ3n) is 4.36. The molecular weight excluding hydrogens is 326 g/mol. The summed E-state index contributed by atoms with van der Waals surface area (Å²) in [5, 5.41) is 9.74. The minimum Gasteiger partial charge on any atom is -0.496 e. The molecule has 25 heavy (non-hydrogen) atoms. The van der Waals surface area contributed by atoms with E-state index < -0.39 is 18.1 Å². The molecule has 2 atom stereocenters. The van der Waals surface area contributed by atoms with Gasteiger partial charge in [-0.25, -0.2) is 0 Å². The number of carboxylic acid groups (broad SMARTS) is 1. The van der Waals surface area contributed by atoms with Crippen LogP contribution >= 0.6 is 0 Å². The van der Waals surface area contributed by atoms with E-state index in [0.29, 0.717) is 50.8 Å². The van der Waals surface area contributed by atoms with Crippen molar-refractivity contribution in [2.75, 3.05) is 47.1 Å². The summed E-state index contributed by atoms with van der Waals surface area (Å²) < 4.78 is 22.2. The van der Waals surface area contributed by atoms with Crippen molar-refractivity contribution >= 4 is 5.97 Å². The molecule has 1 heterocycles. The number of aliphatic carboxylic acids is 1. The summed E-state index contributed by atoms with van der Waals surface area (Å²) >= 11 is 0. The minimum atomic E-state index is -0.861. The highest BCUT2D eigenvalue weighted by atomic mass is 16.5. The quantitative estimate of drug-likeness (QED) is 0.727. The lowest BCUT2D eigenvalue weighted by atomic mass is 9.98. The van der Waals surface area contributed by atoms with Crippen LogP contribution in [0.5, 0.6) is 11.5 Å². The number of carboxylic acids is 1. The highest BCUT2D eigenvalue weighted by Gasteiger charge is 2.33. The molecule has 0 radical (unpaired) electrons. The number of hydrogen-bond acceptors (Lipinski definition) is 6. The van der Waals surface area contributed by atoms with Gasteiger partial charge in [0.1, 0.15) is 17.5 Å². The SMILES string of the molecule is CCOC(CC(C(=O)O)N1CCOCC1)c1c(OC)cccc1OC. The number of nitrogens with zero attached hydrogens (tertiary/aromatic N) is 1. The zero-order valence-electron chi connectivity index (χ0n) is 15.1. The lowest BCUT2D eigenvalue weighted by Gasteiger charge is -2.34. The van der Waals surface area contributed by atoms with Crippen LogP contribution in [-0.4, -0.2) is 69.1 Å². The molecular formula is C18H27NO6. The Morgan fingerprint density at radius 3 is 2.32 bits per heavy atom. The van der Waals surface area contributed by atoms with Gasteiger partial charge in [-0.3, -0.25) is 9.69 Å². The van der Waals surface area contributed by atoms with Crippen LogP contribution in [0.15, 0.2) is 18.2 Å². The van der Waals surface area contributed by atoms with E-state index in [1.54, 1.807) is 14.2 Å². The molecule has 7 heteroatoms. The highest BCUT2D eigenvalue weighted by molar-refractivity contribution is 5.73. The summed E-state index contributed by atoms with van der Waals surface area (Å²) in [6.45, 7) is 4.63. The lowest BCUT2D eigenvalue weighted by Crippen LogP contribution is -2.48. The van der Waals surface area contributed by atoms with E-state index in [2.05, 4.69) is 0 Å². The molecule has 1 aromatic carbocycles. The van der Waals surface area contributed by atoms with Crippen LogP contribution in [-0.2, 0) is 14.3 Å². The maximum atomic E-state index is 11.9. The molecule has 1 fully saturated rings. The normalized spacial score (nSPS) is 17.7. The zero-order valence-corrected chi connectivity index (χ0v) is 15.1. The van der Waals surface area contributed by atoms with E-state index in [1.165, 1.54) is 0 Å². The molecule has 1 aromatic rings. The molecule has 2 rings (SSSR count). The van der Waals surface area contributed by atoms with E-state index >= 15 is 0 Å². The maximum Gasteiger partial charge on any atom is 0.321 e. The number of hydrogen-bond donors (Lipinski definition) is 1. The summed E-state index contributed by atoms with van der Waals surface area (Å²) in [7, 11) is 3.16. The van der Waals surface area contributed by atoms with Gasteiger partial charge in [0.15, 0.2) is 0 Å². The predicted octanol–water partition coefficient (Wildman–Crippen LogP) is 1.96.